The Morgan fingerprint density at radius 3 is 2.48 bits per heavy atom. The predicted molar refractivity (Wildman–Crippen MR) is 231 cm³/mol. The number of unbranched alkanes of at least 4 members (excludes halogenated alkanes) is 3. The molecule has 0 bridgehead atoms. The van der Waals surface area contributed by atoms with Crippen molar-refractivity contribution in [1.82, 2.24) is 24.8 Å². The number of rotatable bonds is 18. The number of ether oxygens (including phenoxy) is 3. The monoisotopic (exact) mass is 879 g/mol. The maximum atomic E-state index is 13.6. The Bertz CT molecular complexity index is 2440. The number of nitrogens with zero attached hydrogens (tertiary/aromatic N) is 4. The largest absolute Gasteiger partial charge is 0.494 e. The van der Waals surface area contributed by atoms with Gasteiger partial charge in [-0.25, -0.2) is 9.97 Å². The fraction of sp³-hybridized carbons (Fsp3) is 0.489. The van der Waals surface area contributed by atoms with E-state index in [1.807, 2.05) is 0 Å². The van der Waals surface area contributed by atoms with Crippen molar-refractivity contribution in [3.63, 3.8) is 0 Å². The van der Waals surface area contributed by atoms with Gasteiger partial charge in [0.05, 0.1) is 54.3 Å². The lowest BCUT2D eigenvalue weighted by molar-refractivity contribution is -0.137. The molecule has 2 aromatic heterocycles. The number of aliphatic hydroxyl groups is 2. The summed E-state index contributed by atoms with van der Waals surface area (Å²) in [6.45, 7) is 4.67. The van der Waals surface area contributed by atoms with Gasteiger partial charge < -0.3 is 50.6 Å². The number of aliphatic hydroxyl groups excluding tert-OH is 2. The molecule has 15 nitrogen and oxygen atoms in total. The molecular formula is C45H56F3N7O8. The fourth-order valence-corrected chi connectivity index (χ4v) is 8.35. The van der Waals surface area contributed by atoms with Gasteiger partial charge in [0.15, 0.2) is 11.5 Å². The van der Waals surface area contributed by atoms with E-state index in [4.69, 9.17) is 19.9 Å². The topological polar surface area (TPSA) is 210 Å². The lowest BCUT2D eigenvalue weighted by Crippen LogP contribution is -2.47. The zero-order valence-corrected chi connectivity index (χ0v) is 35.8. The first kappa shape index (κ1) is 45.3. The Morgan fingerprint density at radius 2 is 1.76 bits per heavy atom. The molecule has 1 saturated carbocycles. The van der Waals surface area contributed by atoms with Crippen LogP contribution in [0.2, 0.25) is 0 Å². The summed E-state index contributed by atoms with van der Waals surface area (Å²) in [7, 11) is 3.34. The number of hydrogen-bond donors (Lipinski definition) is 7. The Balaban J connectivity index is 0.893. The summed E-state index contributed by atoms with van der Waals surface area (Å²) in [6, 6.07) is 10.8. The highest BCUT2D eigenvalue weighted by molar-refractivity contribution is 5.98. The van der Waals surface area contributed by atoms with Crippen LogP contribution in [0.15, 0.2) is 48.5 Å². The second kappa shape index (κ2) is 18.6. The fourth-order valence-electron chi connectivity index (χ4n) is 8.35. The number of benzene rings is 3. The van der Waals surface area contributed by atoms with Gasteiger partial charge >= 0.3 is 6.18 Å². The van der Waals surface area contributed by atoms with Gasteiger partial charge in [0, 0.05) is 42.6 Å². The number of fused-ring (bicyclic) bond motifs is 2. The molecule has 0 spiro atoms. The van der Waals surface area contributed by atoms with Crippen molar-refractivity contribution >= 4 is 39.1 Å². The van der Waals surface area contributed by atoms with Gasteiger partial charge in [0.25, 0.3) is 0 Å². The minimum atomic E-state index is -4.55. The summed E-state index contributed by atoms with van der Waals surface area (Å²) in [6.07, 6.45) is -0.678. The van der Waals surface area contributed by atoms with E-state index in [9.17, 15) is 38.4 Å². The highest BCUT2D eigenvalue weighted by Gasteiger charge is 2.45. The van der Waals surface area contributed by atoms with Crippen molar-refractivity contribution in [2.45, 2.75) is 102 Å². The third kappa shape index (κ3) is 10.2. The molecule has 8 N–H and O–H groups in total. The van der Waals surface area contributed by atoms with Crippen molar-refractivity contribution < 1.29 is 52.6 Å². The molecule has 340 valence electrons. The van der Waals surface area contributed by atoms with Crippen LogP contribution < -0.4 is 30.6 Å². The molecule has 7 rings (SSSR count). The summed E-state index contributed by atoms with van der Waals surface area (Å²) in [4.78, 5) is 24.1. The summed E-state index contributed by atoms with van der Waals surface area (Å²) in [5.41, 5.74) is 5.69. The SMILES string of the molecule is COc1cc2nc(C)nc(N[C@H](C)c3cc(N)cc(C(F)(F)F)c3)c2cc1OCC1(CN(C)C(=O)CCCCCCOc2cccc3c(O)n(C4CCC(O)NC4O)c(O)c23)CC1. The number of halogens is 3. The minimum Gasteiger partial charge on any atom is -0.494 e. The molecule has 1 saturated heterocycles. The van der Waals surface area contributed by atoms with E-state index in [0.29, 0.717) is 108 Å². The van der Waals surface area contributed by atoms with Crippen molar-refractivity contribution in [1.29, 1.82) is 0 Å². The van der Waals surface area contributed by atoms with Gasteiger partial charge in [-0.2, -0.15) is 13.2 Å². The van der Waals surface area contributed by atoms with E-state index >= 15 is 0 Å². The molecule has 3 heterocycles. The van der Waals surface area contributed by atoms with Gasteiger partial charge in [-0.05, 0) is 94.3 Å². The van der Waals surface area contributed by atoms with Crippen LogP contribution in [0, 0.1) is 12.3 Å². The van der Waals surface area contributed by atoms with Gasteiger partial charge in [-0.3, -0.25) is 14.7 Å². The first-order valence-electron chi connectivity index (χ1n) is 21.2. The van der Waals surface area contributed by atoms with Gasteiger partial charge in [-0.1, -0.05) is 18.9 Å². The highest BCUT2D eigenvalue weighted by atomic mass is 19.4. The first-order chi connectivity index (χ1) is 30.0. The Labute approximate surface area is 363 Å². The van der Waals surface area contributed by atoms with E-state index in [2.05, 4.69) is 20.6 Å². The molecule has 4 atom stereocenters. The number of carbonyl (C=O) groups excluding carboxylic acids is 1. The second-order valence-corrected chi connectivity index (χ2v) is 16.9. The predicted octanol–water partition coefficient (Wildman–Crippen LogP) is 7.30. The molecule has 2 fully saturated rings. The standard InChI is InChI=1S/C45H56F3N7O8/c1-25(27-18-28(45(46,47)48)20-29(49)19-27)50-40-31-21-36(35(61-4)22-32(31)51-26(2)52-40)63-24-44(15-16-44)23-54(3)38(57)12-7-5-6-8-17-62-34-11-9-10-30-39(34)43(60)55(42(30)59)33-13-14-37(56)53-41(33)58/h9-11,18-22,25,33,37,41,53,56,58-60H,5-8,12-17,23-24,49H2,1-4H3,(H,50,51,52)/t25-,33?,37?,41?/m1/s1. The number of aryl methyl sites for hydroxylation is 1. The van der Waals surface area contributed by atoms with Crippen LogP contribution >= 0.6 is 0 Å². The summed E-state index contributed by atoms with van der Waals surface area (Å²) < 4.78 is 60.0. The Hall–Kier alpha value is -5.72. The van der Waals surface area contributed by atoms with Crippen LogP contribution in [0.1, 0.15) is 93.7 Å². The maximum absolute atomic E-state index is 13.6. The Kier molecular flexibility index (Phi) is 13.3. The zero-order valence-electron chi connectivity index (χ0n) is 35.8. The minimum absolute atomic E-state index is 0.00211. The number of nitrogen functional groups attached to an aromatic ring is 1. The molecule has 5 aromatic rings. The first-order valence-corrected chi connectivity index (χ1v) is 21.2. The van der Waals surface area contributed by atoms with Crippen LogP contribution in [0.3, 0.4) is 0 Å². The summed E-state index contributed by atoms with van der Waals surface area (Å²) >= 11 is 0. The lowest BCUT2D eigenvalue weighted by atomic mass is 10.0. The Morgan fingerprint density at radius 1 is 1.00 bits per heavy atom. The number of alkyl halides is 3. The zero-order chi connectivity index (χ0) is 45.2. The number of amides is 1. The van der Waals surface area contributed by atoms with Crippen LogP contribution in [0.5, 0.6) is 29.0 Å². The summed E-state index contributed by atoms with van der Waals surface area (Å²) in [5, 5.41) is 49.6. The van der Waals surface area contributed by atoms with Crippen LogP contribution in [-0.2, 0) is 11.0 Å². The van der Waals surface area contributed by atoms with E-state index in [0.717, 1.165) is 37.8 Å². The molecule has 1 aliphatic heterocycles. The van der Waals surface area contributed by atoms with E-state index < -0.39 is 36.3 Å². The van der Waals surface area contributed by atoms with Crippen LogP contribution in [0.25, 0.3) is 21.7 Å². The van der Waals surface area contributed by atoms with Gasteiger partial charge in [0.2, 0.25) is 17.7 Å². The normalized spacial score (nSPS) is 18.9. The molecule has 1 amide bonds. The van der Waals surface area contributed by atoms with E-state index in [1.54, 1.807) is 56.1 Å². The third-order valence-electron chi connectivity index (χ3n) is 12.0. The van der Waals surface area contributed by atoms with Crippen molar-refractivity contribution in [2.24, 2.45) is 5.41 Å². The average molecular weight is 880 g/mol. The van der Waals surface area contributed by atoms with Crippen LogP contribution in [0.4, 0.5) is 24.7 Å². The molecule has 18 heteroatoms. The van der Waals surface area contributed by atoms with E-state index in [-0.39, 0.29) is 28.8 Å². The van der Waals surface area contributed by atoms with Crippen molar-refractivity contribution in [3.8, 4) is 29.0 Å². The molecule has 2 aliphatic rings. The number of hydrogen-bond acceptors (Lipinski definition) is 13. The number of aromatic nitrogens is 3. The number of carbonyl (C=O) groups is 1. The van der Waals surface area contributed by atoms with E-state index in [1.165, 1.54) is 17.7 Å². The highest BCUT2D eigenvalue weighted by Crippen LogP contribution is 2.48. The van der Waals surface area contributed by atoms with Crippen molar-refractivity contribution in [3.05, 3.63) is 65.5 Å². The van der Waals surface area contributed by atoms with Gasteiger partial charge in [-0.15, -0.1) is 0 Å². The molecule has 63 heavy (non-hydrogen) atoms. The molecule has 3 unspecified atom stereocenters. The quantitative estimate of drug-likeness (QED) is 0.0341. The van der Waals surface area contributed by atoms with Crippen LogP contribution in [-0.4, -0.2) is 92.1 Å². The van der Waals surface area contributed by atoms with Gasteiger partial charge in [0.1, 0.15) is 29.8 Å². The smallest absolute Gasteiger partial charge is 0.416 e. The number of aromatic hydroxyl groups is 2. The average Bonchev–Trinajstić information content (AvgIpc) is 3.95. The maximum Gasteiger partial charge on any atom is 0.416 e. The number of piperidine rings is 1. The molecule has 0 radical (unpaired) electrons. The number of nitrogens with two attached hydrogens (primary N) is 1. The summed E-state index contributed by atoms with van der Waals surface area (Å²) in [5.74, 6) is 1.81. The molecule has 3 aromatic carbocycles. The van der Waals surface area contributed by atoms with Crippen molar-refractivity contribution in [2.75, 3.05) is 45.0 Å². The number of nitrogens with one attached hydrogen (secondary N) is 2. The molecular weight excluding hydrogens is 824 g/mol. The third-order valence-corrected chi connectivity index (χ3v) is 12.0. The number of anilines is 2. The number of methoxy groups -OCH3 is 1. The lowest BCUT2D eigenvalue weighted by Gasteiger charge is -2.33. The molecule has 1 aliphatic carbocycles. The second-order valence-electron chi connectivity index (χ2n) is 16.9.